The Morgan fingerprint density at radius 3 is 2.38 bits per heavy atom. The molecule has 3 aromatic carbocycles. The van der Waals surface area contributed by atoms with E-state index in [4.69, 9.17) is 16.6 Å². The number of fused-ring (bicyclic) bond motifs is 1. The van der Waals surface area contributed by atoms with Gasteiger partial charge in [-0.25, -0.2) is 4.98 Å². The average Bonchev–Trinajstić information content (AvgIpc) is 2.83. The first-order valence-corrected chi connectivity index (χ1v) is 11.7. The first kappa shape index (κ1) is 21.0. The lowest BCUT2D eigenvalue weighted by atomic mass is 10.0. The Bertz CT molecular complexity index is 1280. The third-order valence-corrected chi connectivity index (χ3v) is 6.57. The fourth-order valence-corrected chi connectivity index (χ4v) is 4.66. The van der Waals surface area contributed by atoms with E-state index in [1.807, 2.05) is 83.8 Å². The summed E-state index contributed by atoms with van der Waals surface area (Å²) in [7, 11) is 0. The van der Waals surface area contributed by atoms with E-state index >= 15 is 0 Å². The van der Waals surface area contributed by atoms with Crippen LogP contribution in [0.5, 0.6) is 0 Å². The quantitative estimate of drug-likeness (QED) is 0.328. The van der Waals surface area contributed by atoms with Crippen LogP contribution in [0.25, 0.3) is 22.2 Å². The van der Waals surface area contributed by atoms with Crippen LogP contribution in [0.1, 0.15) is 10.4 Å². The van der Waals surface area contributed by atoms with Crippen LogP contribution in [0.3, 0.4) is 0 Å². The number of carbonyl (C=O) groups excluding carboxylic acids is 1. The van der Waals surface area contributed by atoms with Crippen molar-refractivity contribution in [2.45, 2.75) is 0 Å². The number of hydrogen-bond donors (Lipinski definition) is 0. The molecule has 160 valence electrons. The van der Waals surface area contributed by atoms with E-state index in [1.165, 1.54) is 0 Å². The normalized spacial score (nSPS) is 14.1. The van der Waals surface area contributed by atoms with Gasteiger partial charge in [0.2, 0.25) is 0 Å². The summed E-state index contributed by atoms with van der Waals surface area (Å²) in [4.78, 5) is 22.7. The third kappa shape index (κ3) is 4.23. The molecule has 0 saturated carbocycles. The van der Waals surface area contributed by atoms with Crippen molar-refractivity contribution in [1.82, 2.24) is 9.88 Å². The highest BCUT2D eigenvalue weighted by Crippen LogP contribution is 2.28. The van der Waals surface area contributed by atoms with E-state index in [-0.39, 0.29) is 5.91 Å². The molecule has 0 unspecified atom stereocenters. The van der Waals surface area contributed by atoms with Crippen molar-refractivity contribution in [1.29, 1.82) is 0 Å². The number of amides is 1. The number of para-hydroxylation sites is 1. The predicted octanol–water partition coefficient (Wildman–Crippen LogP) is 6.28. The number of aromatic nitrogens is 1. The molecule has 1 aromatic heterocycles. The van der Waals surface area contributed by atoms with Gasteiger partial charge in [0.05, 0.1) is 16.8 Å². The summed E-state index contributed by atoms with van der Waals surface area (Å²) in [6.45, 7) is 2.92. The number of halogens is 2. The lowest BCUT2D eigenvalue weighted by Gasteiger charge is -2.36. The Kier molecular flexibility index (Phi) is 5.85. The molecule has 4 nitrogen and oxygen atoms in total. The standard InChI is InChI=1S/C26H21BrClN3O/c27-19-5-3-4-18(16-19)25-17-23(22-6-1-2-7-24(22)29-25)26(32)31-14-12-30(13-15-31)21-10-8-20(28)9-11-21/h1-11,16-17H,12-15H2. The lowest BCUT2D eigenvalue weighted by Crippen LogP contribution is -2.48. The summed E-state index contributed by atoms with van der Waals surface area (Å²) < 4.78 is 0.983. The second kappa shape index (κ2) is 8.93. The van der Waals surface area contributed by atoms with Gasteiger partial charge in [0.1, 0.15) is 0 Å². The maximum absolute atomic E-state index is 13.6. The molecule has 32 heavy (non-hydrogen) atoms. The van der Waals surface area contributed by atoms with E-state index in [0.717, 1.165) is 50.4 Å². The SMILES string of the molecule is O=C(c1cc(-c2cccc(Br)c2)nc2ccccc12)N1CCN(c2ccc(Cl)cc2)CC1. The van der Waals surface area contributed by atoms with Crippen LogP contribution < -0.4 is 4.90 Å². The Balaban J connectivity index is 1.44. The number of piperazine rings is 1. The summed E-state index contributed by atoms with van der Waals surface area (Å²) in [6, 6.07) is 25.6. The molecule has 0 aliphatic carbocycles. The molecular formula is C26H21BrClN3O. The second-order valence-electron chi connectivity index (χ2n) is 7.84. The first-order chi connectivity index (χ1) is 15.6. The van der Waals surface area contributed by atoms with Gasteiger partial charge in [0.15, 0.2) is 0 Å². The average molecular weight is 507 g/mol. The van der Waals surface area contributed by atoms with Gasteiger partial charge in [-0.2, -0.15) is 0 Å². The van der Waals surface area contributed by atoms with Crippen LogP contribution in [0.2, 0.25) is 5.02 Å². The maximum Gasteiger partial charge on any atom is 0.254 e. The molecule has 0 N–H and O–H groups in total. The maximum atomic E-state index is 13.6. The number of anilines is 1. The molecular weight excluding hydrogens is 486 g/mol. The van der Waals surface area contributed by atoms with Crippen molar-refractivity contribution in [2.75, 3.05) is 31.1 Å². The first-order valence-electron chi connectivity index (χ1n) is 10.5. The molecule has 5 rings (SSSR count). The van der Waals surface area contributed by atoms with Gasteiger partial charge in [0.25, 0.3) is 5.91 Å². The van der Waals surface area contributed by atoms with Crippen LogP contribution >= 0.6 is 27.5 Å². The highest BCUT2D eigenvalue weighted by atomic mass is 79.9. The molecule has 2 heterocycles. The molecule has 0 spiro atoms. The minimum atomic E-state index is 0.0515. The fraction of sp³-hybridized carbons (Fsp3) is 0.154. The van der Waals surface area contributed by atoms with Gasteiger partial charge in [-0.1, -0.05) is 57.9 Å². The van der Waals surface area contributed by atoms with Crippen molar-refractivity contribution >= 4 is 50.0 Å². The molecule has 0 radical (unpaired) electrons. The van der Waals surface area contributed by atoms with E-state index in [2.05, 4.69) is 20.8 Å². The van der Waals surface area contributed by atoms with Gasteiger partial charge in [-0.3, -0.25) is 4.79 Å². The van der Waals surface area contributed by atoms with Gasteiger partial charge in [0, 0.05) is 52.3 Å². The molecule has 1 saturated heterocycles. The Morgan fingerprint density at radius 1 is 0.875 bits per heavy atom. The van der Waals surface area contributed by atoms with Crippen LogP contribution in [-0.4, -0.2) is 42.0 Å². The molecule has 1 amide bonds. The minimum Gasteiger partial charge on any atom is -0.368 e. The largest absolute Gasteiger partial charge is 0.368 e. The Hall–Kier alpha value is -2.89. The van der Waals surface area contributed by atoms with Gasteiger partial charge in [-0.05, 0) is 48.5 Å². The van der Waals surface area contributed by atoms with Gasteiger partial charge < -0.3 is 9.80 Å². The predicted molar refractivity (Wildman–Crippen MR) is 134 cm³/mol. The third-order valence-electron chi connectivity index (χ3n) is 5.83. The molecule has 1 aliphatic heterocycles. The number of carbonyl (C=O) groups is 1. The number of rotatable bonds is 3. The number of hydrogen-bond acceptors (Lipinski definition) is 3. The molecule has 0 bridgehead atoms. The molecule has 0 atom stereocenters. The summed E-state index contributed by atoms with van der Waals surface area (Å²) in [6.07, 6.45) is 0. The number of benzene rings is 3. The van der Waals surface area contributed by atoms with E-state index in [1.54, 1.807) is 0 Å². The monoisotopic (exact) mass is 505 g/mol. The van der Waals surface area contributed by atoms with E-state index in [0.29, 0.717) is 18.7 Å². The van der Waals surface area contributed by atoms with Gasteiger partial charge in [-0.15, -0.1) is 0 Å². The summed E-state index contributed by atoms with van der Waals surface area (Å²) >= 11 is 9.55. The van der Waals surface area contributed by atoms with Crippen molar-refractivity contribution in [3.8, 4) is 11.3 Å². The Morgan fingerprint density at radius 2 is 1.62 bits per heavy atom. The van der Waals surface area contributed by atoms with Crippen molar-refractivity contribution in [2.24, 2.45) is 0 Å². The van der Waals surface area contributed by atoms with Gasteiger partial charge >= 0.3 is 0 Å². The fourth-order valence-electron chi connectivity index (χ4n) is 4.14. The second-order valence-corrected chi connectivity index (χ2v) is 9.19. The zero-order chi connectivity index (χ0) is 22.1. The summed E-state index contributed by atoms with van der Waals surface area (Å²) in [5, 5.41) is 1.62. The van der Waals surface area contributed by atoms with Crippen LogP contribution in [0.15, 0.2) is 83.3 Å². The molecule has 1 aliphatic rings. The molecule has 4 aromatic rings. The van der Waals surface area contributed by atoms with Crippen LogP contribution in [-0.2, 0) is 0 Å². The highest BCUT2D eigenvalue weighted by molar-refractivity contribution is 9.10. The summed E-state index contributed by atoms with van der Waals surface area (Å²) in [5.41, 5.74) is 4.44. The van der Waals surface area contributed by atoms with Crippen LogP contribution in [0.4, 0.5) is 5.69 Å². The topological polar surface area (TPSA) is 36.4 Å². The minimum absolute atomic E-state index is 0.0515. The van der Waals surface area contributed by atoms with Crippen LogP contribution in [0, 0.1) is 0 Å². The smallest absolute Gasteiger partial charge is 0.254 e. The van der Waals surface area contributed by atoms with E-state index in [9.17, 15) is 4.79 Å². The number of pyridine rings is 1. The van der Waals surface area contributed by atoms with E-state index < -0.39 is 0 Å². The van der Waals surface area contributed by atoms with Crippen molar-refractivity contribution < 1.29 is 4.79 Å². The zero-order valence-electron chi connectivity index (χ0n) is 17.3. The number of nitrogens with zero attached hydrogens (tertiary/aromatic N) is 3. The molecule has 6 heteroatoms. The zero-order valence-corrected chi connectivity index (χ0v) is 19.7. The summed E-state index contributed by atoms with van der Waals surface area (Å²) in [5.74, 6) is 0.0515. The van der Waals surface area contributed by atoms with Crippen molar-refractivity contribution in [3.05, 3.63) is 93.9 Å². The highest BCUT2D eigenvalue weighted by Gasteiger charge is 2.24. The molecule has 1 fully saturated rings. The lowest BCUT2D eigenvalue weighted by molar-refractivity contribution is 0.0748. The Labute approximate surface area is 200 Å². The van der Waals surface area contributed by atoms with Crippen molar-refractivity contribution in [3.63, 3.8) is 0 Å².